The third kappa shape index (κ3) is 5.85. The van der Waals surface area contributed by atoms with Gasteiger partial charge in [-0.1, -0.05) is 12.5 Å². The van der Waals surface area contributed by atoms with Crippen molar-refractivity contribution >= 4 is 38.0 Å². The van der Waals surface area contributed by atoms with E-state index in [-0.39, 0.29) is 0 Å². The summed E-state index contributed by atoms with van der Waals surface area (Å²) in [6, 6.07) is 4.09. The Hall–Kier alpha value is -1.00. The number of thiazole rings is 1. The van der Waals surface area contributed by atoms with Crippen LogP contribution in [0, 0.1) is 0 Å². The van der Waals surface area contributed by atoms with Gasteiger partial charge < -0.3 is 5.32 Å². The second-order valence-electron chi connectivity index (χ2n) is 5.18. The fraction of sp³-hybridized carbons (Fsp3) is 0.500. The maximum atomic E-state index is 11.5. The number of hydrogen-bond acceptors (Lipinski definition) is 6. The zero-order valence-corrected chi connectivity index (χ0v) is 15.7. The molecule has 2 N–H and O–H groups in total. The molecular weight excluding hydrogens is 352 g/mol. The topological polar surface area (TPSA) is 74.3 Å². The Morgan fingerprint density at radius 1 is 1.17 bits per heavy atom. The highest BCUT2D eigenvalue weighted by atomic mass is 32.2. The quantitative estimate of drug-likeness (QED) is 0.627. The monoisotopic (exact) mass is 374 g/mol. The zero-order valence-electron chi connectivity index (χ0n) is 13.3. The number of anilines is 1. The molecule has 0 bridgehead atoms. The lowest BCUT2D eigenvalue weighted by atomic mass is 10.2. The van der Waals surface area contributed by atoms with Crippen molar-refractivity contribution in [3.63, 3.8) is 0 Å². The van der Waals surface area contributed by atoms with E-state index in [0.29, 0.717) is 6.54 Å². The number of rotatable bonds is 10. The van der Waals surface area contributed by atoms with E-state index < -0.39 is 10.2 Å². The minimum atomic E-state index is -3.29. The molecular formula is C14H22N4O2S3. The van der Waals surface area contributed by atoms with Crippen LogP contribution >= 0.6 is 22.7 Å². The van der Waals surface area contributed by atoms with E-state index in [1.807, 2.05) is 11.4 Å². The molecule has 6 nitrogen and oxygen atoms in total. The summed E-state index contributed by atoms with van der Waals surface area (Å²) in [5, 5.41) is 8.36. The number of nitrogens with one attached hydrogen (secondary N) is 2. The number of unbranched alkanes of at least 4 members (excludes halogenated alkanes) is 2. The third-order valence-corrected chi connectivity index (χ3v) is 6.40. The first kappa shape index (κ1) is 18.3. The first-order valence-corrected chi connectivity index (χ1v) is 10.6. The van der Waals surface area contributed by atoms with Gasteiger partial charge in [0.1, 0.15) is 0 Å². The lowest BCUT2D eigenvalue weighted by Crippen LogP contribution is -2.36. The third-order valence-electron chi connectivity index (χ3n) is 3.17. The maximum absolute atomic E-state index is 11.5. The van der Waals surface area contributed by atoms with Gasteiger partial charge in [0.15, 0.2) is 5.13 Å². The molecule has 0 unspecified atom stereocenters. The minimum absolute atomic E-state index is 0.473. The SMILES string of the molecule is CN(C)S(=O)(=O)NCCCCCNc1nc(-c2cccs2)cs1. The normalized spacial score (nSPS) is 12.0. The van der Waals surface area contributed by atoms with E-state index >= 15 is 0 Å². The molecule has 0 saturated heterocycles. The van der Waals surface area contributed by atoms with Crippen LogP contribution in [0.15, 0.2) is 22.9 Å². The van der Waals surface area contributed by atoms with Crippen molar-refractivity contribution in [2.24, 2.45) is 0 Å². The second kappa shape index (κ2) is 8.74. The van der Waals surface area contributed by atoms with Gasteiger partial charge in [-0.05, 0) is 24.3 Å². The molecule has 128 valence electrons. The molecule has 0 spiro atoms. The Bertz CT molecular complexity index is 681. The molecule has 23 heavy (non-hydrogen) atoms. The highest BCUT2D eigenvalue weighted by Crippen LogP contribution is 2.28. The van der Waals surface area contributed by atoms with Crippen molar-refractivity contribution in [3.8, 4) is 10.6 Å². The zero-order chi connectivity index (χ0) is 16.7. The largest absolute Gasteiger partial charge is 0.362 e. The fourth-order valence-corrected chi connectivity index (χ4v) is 4.01. The number of hydrogen-bond donors (Lipinski definition) is 2. The molecule has 0 aliphatic carbocycles. The van der Waals surface area contributed by atoms with Gasteiger partial charge in [0.05, 0.1) is 10.6 Å². The van der Waals surface area contributed by atoms with Crippen LogP contribution in [-0.4, -0.2) is 44.9 Å². The molecule has 0 aromatic carbocycles. The van der Waals surface area contributed by atoms with Crippen LogP contribution in [0.1, 0.15) is 19.3 Å². The van der Waals surface area contributed by atoms with Crippen LogP contribution in [0.2, 0.25) is 0 Å². The van der Waals surface area contributed by atoms with Crippen molar-refractivity contribution in [1.29, 1.82) is 0 Å². The summed E-state index contributed by atoms with van der Waals surface area (Å²) >= 11 is 3.30. The molecule has 0 radical (unpaired) electrons. The standard InChI is InChI=1S/C14H22N4O2S3/c1-18(2)23(19,20)16-9-5-3-4-8-15-14-17-12(11-22-14)13-7-6-10-21-13/h6-7,10-11,16H,3-5,8-9H2,1-2H3,(H,15,17). The summed E-state index contributed by atoms with van der Waals surface area (Å²) < 4.78 is 26.7. The fourth-order valence-electron chi connectivity index (χ4n) is 1.84. The van der Waals surface area contributed by atoms with Gasteiger partial charge >= 0.3 is 0 Å². The van der Waals surface area contributed by atoms with Crippen LogP contribution in [0.4, 0.5) is 5.13 Å². The molecule has 0 saturated carbocycles. The lowest BCUT2D eigenvalue weighted by molar-refractivity contribution is 0.502. The summed E-state index contributed by atoms with van der Waals surface area (Å²) in [5.74, 6) is 0. The summed E-state index contributed by atoms with van der Waals surface area (Å²) in [5.41, 5.74) is 1.02. The van der Waals surface area contributed by atoms with Crippen LogP contribution in [-0.2, 0) is 10.2 Å². The van der Waals surface area contributed by atoms with E-state index in [4.69, 9.17) is 0 Å². The van der Waals surface area contributed by atoms with Gasteiger partial charge in [-0.15, -0.1) is 22.7 Å². The average molecular weight is 375 g/mol. The molecule has 2 rings (SSSR count). The maximum Gasteiger partial charge on any atom is 0.278 e. The lowest BCUT2D eigenvalue weighted by Gasteiger charge is -2.12. The van der Waals surface area contributed by atoms with E-state index in [2.05, 4.69) is 26.5 Å². The smallest absolute Gasteiger partial charge is 0.278 e. The van der Waals surface area contributed by atoms with Crippen LogP contribution < -0.4 is 10.0 Å². The minimum Gasteiger partial charge on any atom is -0.362 e. The van der Waals surface area contributed by atoms with Crippen molar-refractivity contribution < 1.29 is 8.42 Å². The van der Waals surface area contributed by atoms with Crippen LogP contribution in [0.3, 0.4) is 0 Å². The summed E-state index contributed by atoms with van der Waals surface area (Å²) in [6.07, 6.45) is 2.77. The van der Waals surface area contributed by atoms with E-state index in [1.165, 1.54) is 23.3 Å². The predicted molar refractivity (Wildman–Crippen MR) is 98.4 cm³/mol. The van der Waals surface area contributed by atoms with Gasteiger partial charge in [-0.25, -0.2) is 9.71 Å². The first-order chi connectivity index (χ1) is 11.0. The van der Waals surface area contributed by atoms with Gasteiger partial charge in [-0.3, -0.25) is 0 Å². The Morgan fingerprint density at radius 2 is 1.96 bits per heavy atom. The average Bonchev–Trinajstić information content (AvgIpc) is 3.17. The van der Waals surface area contributed by atoms with Gasteiger partial charge in [0, 0.05) is 32.6 Å². The van der Waals surface area contributed by atoms with E-state index in [9.17, 15) is 8.42 Å². The first-order valence-electron chi connectivity index (χ1n) is 7.39. The molecule has 0 amide bonds. The summed E-state index contributed by atoms with van der Waals surface area (Å²) in [6.45, 7) is 1.32. The molecule has 0 aliphatic heterocycles. The Kier molecular flexibility index (Phi) is 6.97. The Labute approximate surface area is 145 Å². The molecule has 0 atom stereocenters. The summed E-state index contributed by atoms with van der Waals surface area (Å²) in [4.78, 5) is 5.74. The van der Waals surface area contributed by atoms with Gasteiger partial charge in [0.25, 0.3) is 10.2 Å². The van der Waals surface area contributed by atoms with Crippen molar-refractivity contribution in [2.45, 2.75) is 19.3 Å². The Balaban J connectivity index is 1.59. The molecule has 9 heteroatoms. The van der Waals surface area contributed by atoms with Crippen LogP contribution in [0.5, 0.6) is 0 Å². The summed E-state index contributed by atoms with van der Waals surface area (Å²) in [7, 11) is -0.255. The van der Waals surface area contributed by atoms with Crippen molar-refractivity contribution in [2.75, 3.05) is 32.5 Å². The van der Waals surface area contributed by atoms with Crippen molar-refractivity contribution in [1.82, 2.24) is 14.0 Å². The number of aromatic nitrogens is 1. The highest BCUT2D eigenvalue weighted by molar-refractivity contribution is 7.87. The van der Waals surface area contributed by atoms with Crippen molar-refractivity contribution in [3.05, 3.63) is 22.9 Å². The second-order valence-corrected chi connectivity index (χ2v) is 8.96. The number of nitrogens with zero attached hydrogens (tertiary/aromatic N) is 2. The van der Waals surface area contributed by atoms with Gasteiger partial charge in [0.2, 0.25) is 0 Å². The molecule has 0 fully saturated rings. The molecule has 2 aromatic rings. The molecule has 0 aliphatic rings. The Morgan fingerprint density at radius 3 is 2.65 bits per heavy atom. The number of thiophene rings is 1. The predicted octanol–water partition coefficient (Wildman–Crippen LogP) is 2.85. The van der Waals surface area contributed by atoms with Gasteiger partial charge in [-0.2, -0.15) is 12.7 Å². The molecule has 2 heterocycles. The molecule has 2 aromatic heterocycles. The van der Waals surface area contributed by atoms with E-state index in [1.54, 1.807) is 22.7 Å². The van der Waals surface area contributed by atoms with E-state index in [0.717, 1.165) is 36.6 Å². The van der Waals surface area contributed by atoms with Crippen LogP contribution in [0.25, 0.3) is 10.6 Å². The highest BCUT2D eigenvalue weighted by Gasteiger charge is 2.11.